The van der Waals surface area contributed by atoms with Crippen LogP contribution in [0, 0.1) is 0 Å². The summed E-state index contributed by atoms with van der Waals surface area (Å²) >= 11 is 1.80. The molecule has 28 heavy (non-hydrogen) atoms. The van der Waals surface area contributed by atoms with Gasteiger partial charge in [-0.15, -0.1) is 11.3 Å². The Morgan fingerprint density at radius 3 is 2.75 bits per heavy atom. The Labute approximate surface area is 170 Å². The van der Waals surface area contributed by atoms with E-state index in [-0.39, 0.29) is 5.91 Å². The summed E-state index contributed by atoms with van der Waals surface area (Å²) in [5.41, 5.74) is 4.64. The lowest BCUT2D eigenvalue weighted by molar-refractivity contribution is -0.130. The molecule has 1 amide bonds. The van der Waals surface area contributed by atoms with Crippen LogP contribution in [0.2, 0.25) is 0 Å². The number of thiophene rings is 1. The summed E-state index contributed by atoms with van der Waals surface area (Å²) in [6.45, 7) is 2.68. The quantitative estimate of drug-likeness (QED) is 0.677. The van der Waals surface area contributed by atoms with Crippen LogP contribution in [-0.4, -0.2) is 30.9 Å². The zero-order valence-electron chi connectivity index (χ0n) is 16.1. The molecular formula is C23H25N3OS. The van der Waals surface area contributed by atoms with Gasteiger partial charge in [0.25, 0.3) is 0 Å². The zero-order valence-corrected chi connectivity index (χ0v) is 16.9. The first-order valence-corrected chi connectivity index (χ1v) is 10.5. The number of nitrogens with one attached hydrogen (secondary N) is 1. The van der Waals surface area contributed by atoms with Crippen molar-refractivity contribution in [2.75, 3.05) is 30.4 Å². The molecule has 5 heteroatoms. The van der Waals surface area contributed by atoms with E-state index in [2.05, 4.69) is 59.0 Å². The first-order valence-electron chi connectivity index (χ1n) is 9.61. The minimum Gasteiger partial charge on any atom is -0.374 e. The predicted molar refractivity (Wildman–Crippen MR) is 117 cm³/mol. The maximum absolute atomic E-state index is 12.7. The Morgan fingerprint density at radius 2 is 1.89 bits per heavy atom. The van der Waals surface area contributed by atoms with E-state index in [1.807, 2.05) is 29.2 Å². The summed E-state index contributed by atoms with van der Waals surface area (Å²) in [5, 5.41) is 5.49. The normalized spacial score (nSPS) is 13.1. The summed E-state index contributed by atoms with van der Waals surface area (Å²) in [6, 6.07) is 20.7. The Balaban J connectivity index is 1.39. The molecule has 0 saturated heterocycles. The topological polar surface area (TPSA) is 35.6 Å². The number of nitrogens with zero attached hydrogens (tertiary/aromatic N) is 2. The standard InChI is InChI=1S/C23H25N3OS/c1-25(16-18-7-3-2-4-8-18)21-10-6-5-9-20(21)24-15-23(27)26-13-11-22-19(17-26)12-14-28-22/h2-10,12,14,24H,11,13,15-17H2,1H3. The third-order valence-corrected chi connectivity index (χ3v) is 6.19. The van der Waals surface area contributed by atoms with Crippen LogP contribution in [-0.2, 0) is 24.3 Å². The lowest BCUT2D eigenvalue weighted by Gasteiger charge is -2.28. The fourth-order valence-corrected chi connectivity index (χ4v) is 4.53. The first-order chi connectivity index (χ1) is 13.7. The van der Waals surface area contributed by atoms with Crippen LogP contribution in [0.5, 0.6) is 0 Å². The van der Waals surface area contributed by atoms with Crippen molar-refractivity contribution in [1.29, 1.82) is 0 Å². The SMILES string of the molecule is CN(Cc1ccccc1)c1ccccc1NCC(=O)N1CCc2sccc2C1. The number of rotatable bonds is 6. The summed E-state index contributed by atoms with van der Waals surface area (Å²) < 4.78 is 0. The number of hydrogen-bond donors (Lipinski definition) is 1. The number of hydrogen-bond acceptors (Lipinski definition) is 4. The summed E-state index contributed by atoms with van der Waals surface area (Å²) in [4.78, 5) is 18.3. The molecule has 0 aliphatic carbocycles. The number of anilines is 2. The van der Waals surface area contributed by atoms with Crippen LogP contribution in [0.3, 0.4) is 0 Å². The second-order valence-electron chi connectivity index (χ2n) is 7.15. The van der Waals surface area contributed by atoms with Crippen molar-refractivity contribution in [3.63, 3.8) is 0 Å². The molecule has 1 aromatic heterocycles. The third kappa shape index (κ3) is 4.20. The highest BCUT2D eigenvalue weighted by Gasteiger charge is 2.21. The lowest BCUT2D eigenvalue weighted by atomic mass is 10.1. The molecule has 0 bridgehead atoms. The molecule has 3 aromatic rings. The zero-order chi connectivity index (χ0) is 19.3. The van der Waals surface area contributed by atoms with Crippen molar-refractivity contribution in [3.05, 3.63) is 82.0 Å². The number of fused-ring (bicyclic) bond motifs is 1. The summed E-state index contributed by atoms with van der Waals surface area (Å²) in [5.74, 6) is 0.150. The minimum atomic E-state index is 0.150. The van der Waals surface area contributed by atoms with E-state index in [9.17, 15) is 4.79 Å². The fraction of sp³-hybridized carbons (Fsp3) is 0.261. The molecule has 0 spiro atoms. The Morgan fingerprint density at radius 1 is 1.11 bits per heavy atom. The molecule has 1 N–H and O–H groups in total. The molecule has 2 heterocycles. The second kappa shape index (κ2) is 8.48. The highest BCUT2D eigenvalue weighted by Crippen LogP contribution is 2.27. The predicted octanol–water partition coefficient (Wildman–Crippen LogP) is 4.38. The second-order valence-corrected chi connectivity index (χ2v) is 8.15. The molecule has 0 radical (unpaired) electrons. The Kier molecular flexibility index (Phi) is 5.63. The molecule has 0 unspecified atom stereocenters. The van der Waals surface area contributed by atoms with Crippen LogP contribution < -0.4 is 10.2 Å². The van der Waals surface area contributed by atoms with Gasteiger partial charge in [-0.3, -0.25) is 4.79 Å². The van der Waals surface area contributed by atoms with Crippen LogP contribution >= 0.6 is 11.3 Å². The van der Waals surface area contributed by atoms with Gasteiger partial charge in [-0.25, -0.2) is 0 Å². The van der Waals surface area contributed by atoms with Crippen molar-refractivity contribution in [3.8, 4) is 0 Å². The van der Waals surface area contributed by atoms with E-state index < -0.39 is 0 Å². The molecule has 2 aromatic carbocycles. The molecular weight excluding hydrogens is 366 g/mol. The number of para-hydroxylation sites is 2. The number of amides is 1. The minimum absolute atomic E-state index is 0.150. The van der Waals surface area contributed by atoms with Gasteiger partial charge in [0.2, 0.25) is 5.91 Å². The molecule has 1 aliphatic rings. The molecule has 4 nitrogen and oxygen atoms in total. The Bertz CT molecular complexity index is 938. The van der Waals surface area contributed by atoms with Gasteiger partial charge in [0.15, 0.2) is 0 Å². The van der Waals surface area contributed by atoms with Crippen LogP contribution in [0.1, 0.15) is 16.0 Å². The average molecular weight is 392 g/mol. The van der Waals surface area contributed by atoms with Crippen LogP contribution in [0.15, 0.2) is 66.0 Å². The van der Waals surface area contributed by atoms with Gasteiger partial charge in [0.05, 0.1) is 17.9 Å². The van der Waals surface area contributed by atoms with E-state index in [0.717, 1.165) is 37.4 Å². The van der Waals surface area contributed by atoms with Gasteiger partial charge in [0, 0.05) is 31.6 Å². The van der Waals surface area contributed by atoms with Crippen molar-refractivity contribution in [1.82, 2.24) is 4.90 Å². The highest BCUT2D eigenvalue weighted by molar-refractivity contribution is 7.10. The largest absolute Gasteiger partial charge is 0.374 e. The van der Waals surface area contributed by atoms with E-state index in [1.54, 1.807) is 11.3 Å². The van der Waals surface area contributed by atoms with Gasteiger partial charge in [-0.2, -0.15) is 0 Å². The summed E-state index contributed by atoms with van der Waals surface area (Å²) in [7, 11) is 2.08. The molecule has 1 aliphatic heterocycles. The summed E-state index contributed by atoms with van der Waals surface area (Å²) in [6.07, 6.45) is 0.967. The number of carbonyl (C=O) groups is 1. The lowest BCUT2D eigenvalue weighted by Crippen LogP contribution is -2.38. The van der Waals surface area contributed by atoms with Gasteiger partial charge in [-0.05, 0) is 41.1 Å². The van der Waals surface area contributed by atoms with Gasteiger partial charge in [-0.1, -0.05) is 42.5 Å². The monoisotopic (exact) mass is 391 g/mol. The Hall–Kier alpha value is -2.79. The van der Waals surface area contributed by atoms with E-state index in [4.69, 9.17) is 0 Å². The molecule has 0 atom stereocenters. The van der Waals surface area contributed by atoms with Gasteiger partial charge >= 0.3 is 0 Å². The molecule has 4 rings (SSSR count). The molecule has 0 fully saturated rings. The maximum Gasteiger partial charge on any atom is 0.242 e. The number of benzene rings is 2. The van der Waals surface area contributed by atoms with Crippen LogP contribution in [0.4, 0.5) is 11.4 Å². The van der Waals surface area contributed by atoms with Gasteiger partial charge < -0.3 is 15.1 Å². The van der Waals surface area contributed by atoms with Gasteiger partial charge in [0.1, 0.15) is 0 Å². The van der Waals surface area contributed by atoms with Crippen molar-refractivity contribution in [2.24, 2.45) is 0 Å². The van der Waals surface area contributed by atoms with Crippen molar-refractivity contribution in [2.45, 2.75) is 19.5 Å². The highest BCUT2D eigenvalue weighted by atomic mass is 32.1. The fourth-order valence-electron chi connectivity index (χ4n) is 3.64. The molecule has 0 saturated carbocycles. The van der Waals surface area contributed by atoms with E-state index in [0.29, 0.717) is 6.54 Å². The van der Waals surface area contributed by atoms with Crippen molar-refractivity contribution < 1.29 is 4.79 Å². The molecule has 144 valence electrons. The average Bonchev–Trinajstić information content (AvgIpc) is 3.21. The van der Waals surface area contributed by atoms with Crippen molar-refractivity contribution >= 4 is 28.6 Å². The number of carbonyl (C=O) groups excluding carboxylic acids is 1. The maximum atomic E-state index is 12.7. The van der Waals surface area contributed by atoms with E-state index in [1.165, 1.54) is 16.0 Å². The van der Waals surface area contributed by atoms with E-state index >= 15 is 0 Å². The van der Waals surface area contributed by atoms with Crippen LogP contribution in [0.25, 0.3) is 0 Å². The third-order valence-electron chi connectivity index (χ3n) is 5.17. The smallest absolute Gasteiger partial charge is 0.242 e. The first kappa shape index (κ1) is 18.6.